The molecule has 3 rings (SSSR count). The number of furan rings is 1. The Labute approximate surface area is 116 Å². The normalized spacial score (nSPS) is 11.2. The molecule has 0 amide bonds. The molecule has 6 nitrogen and oxygen atoms in total. The summed E-state index contributed by atoms with van der Waals surface area (Å²) < 4.78 is 14.1. The van der Waals surface area contributed by atoms with Crippen LogP contribution in [-0.2, 0) is 0 Å². The lowest BCUT2D eigenvalue weighted by Gasteiger charge is -2.04. The van der Waals surface area contributed by atoms with Crippen LogP contribution < -0.4 is 4.74 Å². The van der Waals surface area contributed by atoms with Crippen LogP contribution in [-0.4, -0.2) is 26.7 Å². The van der Waals surface area contributed by atoms with Crippen LogP contribution in [0.5, 0.6) is 5.88 Å². The molecule has 20 heavy (non-hydrogen) atoms. The molecule has 0 atom stereocenters. The van der Waals surface area contributed by atoms with Gasteiger partial charge >= 0.3 is 0 Å². The van der Waals surface area contributed by atoms with E-state index in [1.807, 2.05) is 23.0 Å². The molecule has 0 spiro atoms. The highest BCUT2D eigenvalue weighted by Crippen LogP contribution is 2.28. The molecule has 0 aromatic carbocycles. The molecular formula is C14H16N4O2. The maximum absolute atomic E-state index is 5.36. The molecule has 3 heterocycles. The molecule has 3 aromatic heterocycles. The molecule has 6 heteroatoms. The average molecular weight is 272 g/mol. The number of hydrogen-bond acceptors (Lipinski definition) is 4. The highest BCUT2D eigenvalue weighted by Gasteiger charge is 2.17. The third-order valence-corrected chi connectivity index (χ3v) is 3.09. The Kier molecular flexibility index (Phi) is 3.06. The van der Waals surface area contributed by atoms with Crippen LogP contribution in [0.4, 0.5) is 0 Å². The first kappa shape index (κ1) is 12.5. The Morgan fingerprint density at radius 1 is 1.30 bits per heavy atom. The summed E-state index contributed by atoms with van der Waals surface area (Å²) in [5.74, 6) is 0.548. The van der Waals surface area contributed by atoms with Gasteiger partial charge in [0.05, 0.1) is 37.7 Å². The molecule has 0 fully saturated rings. The van der Waals surface area contributed by atoms with Crippen molar-refractivity contribution in [1.82, 2.24) is 19.6 Å². The van der Waals surface area contributed by atoms with Crippen LogP contribution in [0.15, 0.2) is 41.5 Å². The molecule has 0 saturated heterocycles. The Balaban J connectivity index is 2.12. The maximum Gasteiger partial charge on any atom is 0.258 e. The highest BCUT2D eigenvalue weighted by molar-refractivity contribution is 5.61. The van der Waals surface area contributed by atoms with Gasteiger partial charge in [-0.3, -0.25) is 4.68 Å². The van der Waals surface area contributed by atoms with Crippen LogP contribution in [0, 0.1) is 0 Å². The summed E-state index contributed by atoms with van der Waals surface area (Å²) >= 11 is 0. The van der Waals surface area contributed by atoms with Gasteiger partial charge in [0.15, 0.2) is 0 Å². The predicted octanol–water partition coefficient (Wildman–Crippen LogP) is 2.92. The zero-order valence-electron chi connectivity index (χ0n) is 11.6. The molecular weight excluding hydrogens is 256 g/mol. The molecule has 0 aliphatic rings. The van der Waals surface area contributed by atoms with E-state index in [1.54, 1.807) is 30.5 Å². The maximum atomic E-state index is 5.36. The minimum atomic E-state index is 0.255. The first-order valence-electron chi connectivity index (χ1n) is 6.41. The smallest absolute Gasteiger partial charge is 0.258 e. The second-order valence-corrected chi connectivity index (χ2v) is 4.74. The van der Waals surface area contributed by atoms with Crippen molar-refractivity contribution in [3.05, 3.63) is 37.1 Å². The standard InChI is InChI=1S/C14H16N4O2/c1-10(2)17-8-13(14(16-17)19-3)18-12(4-6-15-18)11-5-7-20-9-11/h4-10H,1-3H3. The molecule has 104 valence electrons. The Morgan fingerprint density at radius 3 is 2.80 bits per heavy atom. The van der Waals surface area contributed by atoms with E-state index in [2.05, 4.69) is 24.0 Å². The lowest BCUT2D eigenvalue weighted by molar-refractivity contribution is 0.381. The van der Waals surface area contributed by atoms with Crippen LogP contribution in [0.2, 0.25) is 0 Å². The van der Waals surface area contributed by atoms with Gasteiger partial charge in [0, 0.05) is 11.6 Å². The van der Waals surface area contributed by atoms with Gasteiger partial charge in [-0.05, 0) is 26.0 Å². The van der Waals surface area contributed by atoms with Gasteiger partial charge in [0.1, 0.15) is 5.69 Å². The molecule has 0 unspecified atom stereocenters. The van der Waals surface area contributed by atoms with E-state index in [-0.39, 0.29) is 6.04 Å². The molecule has 3 aromatic rings. The minimum absolute atomic E-state index is 0.255. The predicted molar refractivity (Wildman–Crippen MR) is 74.0 cm³/mol. The third kappa shape index (κ3) is 1.99. The summed E-state index contributed by atoms with van der Waals surface area (Å²) in [6.45, 7) is 4.13. The van der Waals surface area contributed by atoms with Gasteiger partial charge in [-0.25, -0.2) is 4.68 Å². The van der Waals surface area contributed by atoms with Gasteiger partial charge in [0.25, 0.3) is 5.88 Å². The summed E-state index contributed by atoms with van der Waals surface area (Å²) in [6, 6.07) is 4.08. The fourth-order valence-electron chi connectivity index (χ4n) is 2.04. The van der Waals surface area contributed by atoms with Crippen molar-refractivity contribution in [2.45, 2.75) is 19.9 Å². The van der Waals surface area contributed by atoms with Crippen LogP contribution in [0.1, 0.15) is 19.9 Å². The van der Waals surface area contributed by atoms with Gasteiger partial charge in [0.2, 0.25) is 0 Å². The van der Waals surface area contributed by atoms with Crippen LogP contribution in [0.3, 0.4) is 0 Å². The zero-order valence-corrected chi connectivity index (χ0v) is 11.6. The lowest BCUT2D eigenvalue weighted by atomic mass is 10.2. The van der Waals surface area contributed by atoms with Gasteiger partial charge < -0.3 is 9.15 Å². The molecule has 0 aliphatic carbocycles. The van der Waals surface area contributed by atoms with E-state index >= 15 is 0 Å². The minimum Gasteiger partial charge on any atom is -0.478 e. The van der Waals surface area contributed by atoms with E-state index in [4.69, 9.17) is 9.15 Å². The lowest BCUT2D eigenvalue weighted by Crippen LogP contribution is -2.01. The number of aromatic nitrogens is 4. The number of hydrogen-bond donors (Lipinski definition) is 0. The van der Waals surface area contributed by atoms with Crippen molar-refractivity contribution in [3.8, 4) is 22.8 Å². The largest absolute Gasteiger partial charge is 0.478 e. The summed E-state index contributed by atoms with van der Waals surface area (Å²) in [5, 5.41) is 8.78. The molecule has 0 aliphatic heterocycles. The third-order valence-electron chi connectivity index (χ3n) is 3.09. The van der Waals surface area contributed by atoms with Crippen molar-refractivity contribution in [2.24, 2.45) is 0 Å². The topological polar surface area (TPSA) is 58.0 Å². The van der Waals surface area contributed by atoms with E-state index in [0.717, 1.165) is 16.9 Å². The zero-order chi connectivity index (χ0) is 14.1. The van der Waals surface area contributed by atoms with Crippen molar-refractivity contribution >= 4 is 0 Å². The van der Waals surface area contributed by atoms with Crippen LogP contribution >= 0.6 is 0 Å². The van der Waals surface area contributed by atoms with E-state index in [0.29, 0.717) is 5.88 Å². The van der Waals surface area contributed by atoms with Crippen molar-refractivity contribution in [2.75, 3.05) is 7.11 Å². The summed E-state index contributed by atoms with van der Waals surface area (Å²) in [7, 11) is 1.61. The molecule has 0 saturated carbocycles. The first-order valence-corrected chi connectivity index (χ1v) is 6.41. The second kappa shape index (κ2) is 4.88. The highest BCUT2D eigenvalue weighted by atomic mass is 16.5. The first-order chi connectivity index (χ1) is 9.70. The number of rotatable bonds is 4. The Bertz CT molecular complexity index is 695. The monoisotopic (exact) mass is 272 g/mol. The van der Waals surface area contributed by atoms with E-state index < -0.39 is 0 Å². The van der Waals surface area contributed by atoms with Crippen molar-refractivity contribution < 1.29 is 9.15 Å². The van der Waals surface area contributed by atoms with Gasteiger partial charge in [-0.1, -0.05) is 0 Å². The summed E-state index contributed by atoms with van der Waals surface area (Å²) in [4.78, 5) is 0. The van der Waals surface area contributed by atoms with Gasteiger partial charge in [-0.2, -0.15) is 5.10 Å². The van der Waals surface area contributed by atoms with Crippen LogP contribution in [0.25, 0.3) is 16.9 Å². The quantitative estimate of drug-likeness (QED) is 0.732. The Hall–Kier alpha value is -2.50. The molecule has 0 bridgehead atoms. The van der Waals surface area contributed by atoms with E-state index in [1.165, 1.54) is 0 Å². The van der Waals surface area contributed by atoms with Gasteiger partial charge in [-0.15, -0.1) is 5.10 Å². The number of nitrogens with zero attached hydrogens (tertiary/aromatic N) is 4. The summed E-state index contributed by atoms with van der Waals surface area (Å²) in [6.07, 6.45) is 7.00. The summed E-state index contributed by atoms with van der Waals surface area (Å²) in [5.41, 5.74) is 2.70. The molecule has 0 radical (unpaired) electrons. The average Bonchev–Trinajstić information content (AvgIpc) is 3.16. The van der Waals surface area contributed by atoms with Crippen molar-refractivity contribution in [1.29, 1.82) is 0 Å². The Morgan fingerprint density at radius 2 is 2.15 bits per heavy atom. The molecule has 0 N–H and O–H groups in total. The number of methoxy groups -OCH3 is 1. The number of ether oxygens (including phenoxy) is 1. The second-order valence-electron chi connectivity index (χ2n) is 4.74. The fraction of sp³-hybridized carbons (Fsp3) is 0.286. The van der Waals surface area contributed by atoms with Crippen molar-refractivity contribution in [3.63, 3.8) is 0 Å². The fourth-order valence-corrected chi connectivity index (χ4v) is 2.04. The van der Waals surface area contributed by atoms with E-state index in [9.17, 15) is 0 Å². The SMILES string of the molecule is COc1nn(C(C)C)cc1-n1nccc1-c1ccoc1.